The third kappa shape index (κ3) is 4.83. The van der Waals surface area contributed by atoms with Crippen LogP contribution in [0, 0.1) is 0 Å². The number of methoxy groups -OCH3 is 1. The van der Waals surface area contributed by atoms with Gasteiger partial charge >= 0.3 is 0 Å². The standard InChI is InChI=1S/C15H20O/c1-3-4-8-15(13-16-2)12-11-14-9-6-5-7-10-14/h3,5-7,9-10,13H,1,4,8,11-12H2,2H3/b15-13-. The highest BCUT2D eigenvalue weighted by Crippen LogP contribution is 2.14. The highest BCUT2D eigenvalue weighted by Gasteiger charge is 1.98. The number of benzene rings is 1. The summed E-state index contributed by atoms with van der Waals surface area (Å²) in [4.78, 5) is 0. The van der Waals surface area contributed by atoms with E-state index in [2.05, 4.69) is 30.8 Å². The summed E-state index contributed by atoms with van der Waals surface area (Å²) in [5, 5.41) is 0. The number of allylic oxidation sites excluding steroid dienone is 2. The van der Waals surface area contributed by atoms with Gasteiger partial charge in [-0.1, -0.05) is 36.4 Å². The zero-order valence-electron chi connectivity index (χ0n) is 9.99. The lowest BCUT2D eigenvalue weighted by molar-refractivity contribution is 0.331. The molecule has 0 saturated carbocycles. The molecule has 0 fully saturated rings. The van der Waals surface area contributed by atoms with Gasteiger partial charge in [0.2, 0.25) is 0 Å². The van der Waals surface area contributed by atoms with Gasteiger partial charge in [-0.3, -0.25) is 0 Å². The van der Waals surface area contributed by atoms with Crippen molar-refractivity contribution in [2.45, 2.75) is 25.7 Å². The second kappa shape index (κ2) is 7.75. The summed E-state index contributed by atoms with van der Waals surface area (Å²) in [7, 11) is 1.70. The Balaban J connectivity index is 2.44. The minimum atomic E-state index is 1.02. The van der Waals surface area contributed by atoms with E-state index in [1.54, 1.807) is 7.11 Å². The summed E-state index contributed by atoms with van der Waals surface area (Å²) in [5.74, 6) is 0. The predicted molar refractivity (Wildman–Crippen MR) is 69.3 cm³/mol. The van der Waals surface area contributed by atoms with E-state index in [0.29, 0.717) is 0 Å². The van der Waals surface area contributed by atoms with Gasteiger partial charge in [0, 0.05) is 0 Å². The van der Waals surface area contributed by atoms with E-state index in [9.17, 15) is 0 Å². The van der Waals surface area contributed by atoms with Gasteiger partial charge in [-0.15, -0.1) is 6.58 Å². The van der Waals surface area contributed by atoms with Crippen LogP contribution in [-0.2, 0) is 11.2 Å². The maximum Gasteiger partial charge on any atom is 0.0816 e. The molecule has 1 heteroatoms. The first-order valence-electron chi connectivity index (χ1n) is 5.72. The van der Waals surface area contributed by atoms with E-state index < -0.39 is 0 Å². The molecule has 1 aromatic rings. The lowest BCUT2D eigenvalue weighted by Gasteiger charge is -2.06. The molecule has 1 rings (SSSR count). The third-order valence-electron chi connectivity index (χ3n) is 2.53. The summed E-state index contributed by atoms with van der Waals surface area (Å²) in [6.07, 6.45) is 8.02. The van der Waals surface area contributed by atoms with Crippen LogP contribution in [0.5, 0.6) is 0 Å². The number of hydrogen-bond donors (Lipinski definition) is 0. The molecule has 0 unspecified atom stereocenters. The van der Waals surface area contributed by atoms with Gasteiger partial charge < -0.3 is 4.74 Å². The van der Waals surface area contributed by atoms with Crippen LogP contribution in [0.1, 0.15) is 24.8 Å². The molecular formula is C15H20O. The van der Waals surface area contributed by atoms with Crippen LogP contribution < -0.4 is 0 Å². The second-order valence-corrected chi connectivity index (χ2v) is 3.82. The molecule has 0 aliphatic heterocycles. The summed E-state index contributed by atoms with van der Waals surface area (Å²) in [5.41, 5.74) is 2.73. The molecule has 0 bridgehead atoms. The summed E-state index contributed by atoms with van der Waals surface area (Å²) in [6, 6.07) is 10.5. The highest BCUT2D eigenvalue weighted by molar-refractivity contribution is 5.16. The summed E-state index contributed by atoms with van der Waals surface area (Å²) in [6.45, 7) is 3.74. The van der Waals surface area contributed by atoms with Gasteiger partial charge in [0.15, 0.2) is 0 Å². The van der Waals surface area contributed by atoms with Gasteiger partial charge in [0.25, 0.3) is 0 Å². The van der Waals surface area contributed by atoms with Gasteiger partial charge in [0.05, 0.1) is 13.4 Å². The fourth-order valence-electron chi connectivity index (χ4n) is 1.65. The Morgan fingerprint density at radius 2 is 2.00 bits per heavy atom. The Kier molecular flexibility index (Phi) is 6.09. The molecule has 0 aliphatic rings. The van der Waals surface area contributed by atoms with E-state index in [1.165, 1.54) is 11.1 Å². The topological polar surface area (TPSA) is 9.23 Å². The molecule has 0 radical (unpaired) electrons. The number of hydrogen-bond acceptors (Lipinski definition) is 1. The third-order valence-corrected chi connectivity index (χ3v) is 2.53. The minimum Gasteiger partial charge on any atom is -0.504 e. The minimum absolute atomic E-state index is 1.02. The molecule has 1 nitrogen and oxygen atoms in total. The van der Waals surface area contributed by atoms with Crippen molar-refractivity contribution in [3.05, 3.63) is 60.4 Å². The van der Waals surface area contributed by atoms with Crippen LogP contribution in [0.15, 0.2) is 54.8 Å². The van der Waals surface area contributed by atoms with Crippen molar-refractivity contribution < 1.29 is 4.74 Å². The normalized spacial score (nSPS) is 11.2. The van der Waals surface area contributed by atoms with Gasteiger partial charge in [-0.25, -0.2) is 0 Å². The van der Waals surface area contributed by atoms with Crippen molar-refractivity contribution in [1.29, 1.82) is 0 Å². The Labute approximate surface area is 98.5 Å². The predicted octanol–water partition coefficient (Wildman–Crippen LogP) is 4.12. The van der Waals surface area contributed by atoms with E-state index in [-0.39, 0.29) is 0 Å². The van der Waals surface area contributed by atoms with Crippen LogP contribution in [-0.4, -0.2) is 7.11 Å². The molecule has 0 spiro atoms. The van der Waals surface area contributed by atoms with E-state index in [0.717, 1.165) is 25.7 Å². The first-order valence-corrected chi connectivity index (χ1v) is 5.72. The lowest BCUT2D eigenvalue weighted by atomic mass is 10.0. The first-order chi connectivity index (χ1) is 7.86. The van der Waals surface area contributed by atoms with E-state index in [4.69, 9.17) is 4.74 Å². The average Bonchev–Trinajstić information content (AvgIpc) is 2.34. The maximum atomic E-state index is 5.09. The maximum absolute atomic E-state index is 5.09. The zero-order chi connectivity index (χ0) is 11.6. The van der Waals surface area contributed by atoms with Crippen molar-refractivity contribution in [3.63, 3.8) is 0 Å². The Morgan fingerprint density at radius 3 is 2.62 bits per heavy atom. The average molecular weight is 216 g/mol. The fraction of sp³-hybridized carbons (Fsp3) is 0.333. The van der Waals surface area contributed by atoms with E-state index >= 15 is 0 Å². The zero-order valence-corrected chi connectivity index (χ0v) is 9.99. The quantitative estimate of drug-likeness (QED) is 0.492. The SMILES string of the molecule is C=CCC/C(=C/OC)CCc1ccccc1. The van der Waals surface area contributed by atoms with E-state index in [1.807, 2.05) is 18.4 Å². The summed E-state index contributed by atoms with van der Waals surface area (Å²) >= 11 is 0. The fourth-order valence-corrected chi connectivity index (χ4v) is 1.65. The molecule has 0 N–H and O–H groups in total. The van der Waals surface area contributed by atoms with Gasteiger partial charge in [-0.2, -0.15) is 0 Å². The molecule has 1 aromatic carbocycles. The monoisotopic (exact) mass is 216 g/mol. The molecule has 0 heterocycles. The highest BCUT2D eigenvalue weighted by atomic mass is 16.5. The van der Waals surface area contributed by atoms with Crippen molar-refractivity contribution in [3.8, 4) is 0 Å². The van der Waals surface area contributed by atoms with Gasteiger partial charge in [0.1, 0.15) is 0 Å². The van der Waals surface area contributed by atoms with Crippen molar-refractivity contribution in [2.75, 3.05) is 7.11 Å². The Bertz CT molecular complexity index is 325. The first kappa shape index (κ1) is 12.6. The van der Waals surface area contributed by atoms with Crippen molar-refractivity contribution >= 4 is 0 Å². The molecule has 0 aliphatic carbocycles. The smallest absolute Gasteiger partial charge is 0.0816 e. The van der Waals surface area contributed by atoms with Crippen LogP contribution in [0.25, 0.3) is 0 Å². The van der Waals surface area contributed by atoms with Crippen molar-refractivity contribution in [2.24, 2.45) is 0 Å². The van der Waals surface area contributed by atoms with Crippen LogP contribution >= 0.6 is 0 Å². The van der Waals surface area contributed by atoms with Crippen molar-refractivity contribution in [1.82, 2.24) is 0 Å². The second-order valence-electron chi connectivity index (χ2n) is 3.82. The molecule has 0 amide bonds. The molecule has 0 saturated heterocycles. The number of aryl methyl sites for hydroxylation is 1. The lowest BCUT2D eigenvalue weighted by Crippen LogP contribution is -1.90. The number of rotatable bonds is 7. The van der Waals surface area contributed by atoms with Crippen LogP contribution in [0.3, 0.4) is 0 Å². The molecular weight excluding hydrogens is 196 g/mol. The molecule has 0 aromatic heterocycles. The summed E-state index contributed by atoms with van der Waals surface area (Å²) < 4.78 is 5.09. The van der Waals surface area contributed by atoms with Crippen LogP contribution in [0.2, 0.25) is 0 Å². The van der Waals surface area contributed by atoms with Gasteiger partial charge in [-0.05, 0) is 36.8 Å². The molecule has 16 heavy (non-hydrogen) atoms. The Hall–Kier alpha value is -1.50. The largest absolute Gasteiger partial charge is 0.504 e. The number of ether oxygens (including phenoxy) is 1. The van der Waals surface area contributed by atoms with Crippen LogP contribution in [0.4, 0.5) is 0 Å². The Morgan fingerprint density at radius 1 is 1.25 bits per heavy atom. The molecule has 0 atom stereocenters. The molecule has 86 valence electrons.